The molecule has 0 aromatic heterocycles. The van der Waals surface area contributed by atoms with Crippen LogP contribution in [0.3, 0.4) is 0 Å². The number of fused-ring (bicyclic) bond motifs is 3. The molecule has 0 bridgehead atoms. The van der Waals surface area contributed by atoms with Crippen molar-refractivity contribution in [1.29, 1.82) is 5.41 Å². The van der Waals surface area contributed by atoms with Gasteiger partial charge in [-0.3, -0.25) is 14.5 Å². The molecule has 0 unspecified atom stereocenters. The van der Waals surface area contributed by atoms with Crippen molar-refractivity contribution in [2.45, 2.75) is 24.5 Å². The molecule has 4 atom stereocenters. The number of nitrogens with zero attached hydrogens (tertiary/aromatic N) is 2. The molecule has 192 valence electrons. The summed E-state index contributed by atoms with van der Waals surface area (Å²) in [7, 11) is 3.26. The normalized spacial score (nSPS) is 30.3. The molecule has 1 heterocycles. The molecule has 1 aliphatic heterocycles. The van der Waals surface area contributed by atoms with Crippen molar-refractivity contribution < 1.29 is 34.8 Å². The molecule has 7 N–H and O–H groups in total. The van der Waals surface area contributed by atoms with Crippen LogP contribution in [-0.4, -0.2) is 94.8 Å². The average Bonchev–Trinajstić information content (AvgIpc) is 2.81. The van der Waals surface area contributed by atoms with Gasteiger partial charge in [-0.25, -0.2) is 0 Å². The van der Waals surface area contributed by atoms with E-state index in [-0.39, 0.29) is 23.3 Å². The number of anilines is 1. The van der Waals surface area contributed by atoms with Gasteiger partial charge < -0.3 is 41.2 Å². The van der Waals surface area contributed by atoms with Crippen LogP contribution in [0.2, 0.25) is 0 Å². The maximum Gasteiger partial charge on any atom is 0.254 e. The highest BCUT2D eigenvalue weighted by molar-refractivity contribution is 6.33. The SMILES string of the molecule is CN(C)[C@@H]1C(O)=C(C(N)=O)C(=N)[C@@]2(O)C(=O)C3=C(O)c4c(O)ccc(N5CCOCC5)c4C[C@H]3C[C@@H]12. The molecular weight excluding hydrogens is 468 g/mol. The lowest BCUT2D eigenvalue weighted by atomic mass is 9.56. The first-order valence-electron chi connectivity index (χ1n) is 11.9. The lowest BCUT2D eigenvalue weighted by Crippen LogP contribution is -2.67. The number of ether oxygens (including phenoxy) is 1. The second-order valence-electron chi connectivity index (χ2n) is 10.1. The number of nitrogens with two attached hydrogens (primary N) is 1. The van der Waals surface area contributed by atoms with Gasteiger partial charge in [-0.1, -0.05) is 0 Å². The molecule has 5 rings (SSSR count). The fraction of sp³-hybridized carbons (Fsp3) is 0.480. The van der Waals surface area contributed by atoms with E-state index in [9.17, 15) is 30.0 Å². The molecule has 0 radical (unpaired) electrons. The summed E-state index contributed by atoms with van der Waals surface area (Å²) >= 11 is 0. The number of primary amides is 1. The van der Waals surface area contributed by atoms with Crippen LogP contribution in [0.4, 0.5) is 5.69 Å². The Bertz CT molecular complexity index is 1250. The summed E-state index contributed by atoms with van der Waals surface area (Å²) < 4.78 is 5.45. The summed E-state index contributed by atoms with van der Waals surface area (Å²) in [5.41, 5.74) is 3.09. The fourth-order valence-electron chi connectivity index (χ4n) is 6.38. The van der Waals surface area contributed by atoms with Crippen molar-refractivity contribution in [3.05, 3.63) is 40.2 Å². The van der Waals surface area contributed by atoms with E-state index in [4.69, 9.17) is 15.9 Å². The number of Topliss-reactive ketones (excluding diaryl/α,β-unsaturated/α-hetero) is 1. The van der Waals surface area contributed by atoms with Gasteiger partial charge in [0.25, 0.3) is 5.91 Å². The third-order valence-electron chi connectivity index (χ3n) is 7.99. The van der Waals surface area contributed by atoms with Gasteiger partial charge in [0.2, 0.25) is 5.78 Å². The van der Waals surface area contributed by atoms with Gasteiger partial charge in [0.1, 0.15) is 22.8 Å². The van der Waals surface area contributed by atoms with E-state index in [1.165, 1.54) is 6.07 Å². The number of aromatic hydroxyl groups is 1. The predicted octanol–water partition coefficient (Wildman–Crippen LogP) is 0.251. The molecule has 4 aliphatic rings. The minimum absolute atomic E-state index is 0.0943. The predicted molar refractivity (Wildman–Crippen MR) is 130 cm³/mol. The summed E-state index contributed by atoms with van der Waals surface area (Å²) in [4.78, 5) is 29.7. The first-order chi connectivity index (χ1) is 17.0. The number of nitrogens with one attached hydrogen (secondary N) is 1. The third-order valence-corrected chi connectivity index (χ3v) is 7.99. The smallest absolute Gasteiger partial charge is 0.254 e. The number of likely N-dealkylation sites (N-methyl/N-ethyl adjacent to an activating group) is 1. The topological polar surface area (TPSA) is 181 Å². The number of rotatable bonds is 3. The first-order valence-corrected chi connectivity index (χ1v) is 11.9. The van der Waals surface area contributed by atoms with Crippen LogP contribution in [-0.2, 0) is 20.7 Å². The maximum absolute atomic E-state index is 13.9. The summed E-state index contributed by atoms with van der Waals surface area (Å²) in [5, 5.41) is 53.2. The Morgan fingerprint density at radius 3 is 2.50 bits per heavy atom. The largest absolute Gasteiger partial charge is 0.510 e. The van der Waals surface area contributed by atoms with Gasteiger partial charge in [0.05, 0.1) is 30.5 Å². The number of aliphatic hydroxyl groups excluding tert-OH is 2. The molecule has 1 aromatic rings. The minimum Gasteiger partial charge on any atom is -0.510 e. The second kappa shape index (κ2) is 8.32. The Kier molecular flexibility index (Phi) is 5.62. The van der Waals surface area contributed by atoms with Crippen LogP contribution in [0, 0.1) is 17.2 Å². The molecule has 1 amide bonds. The van der Waals surface area contributed by atoms with Gasteiger partial charge in [-0.05, 0) is 50.6 Å². The van der Waals surface area contributed by atoms with Crippen molar-refractivity contribution in [3.63, 3.8) is 0 Å². The molecule has 1 saturated heterocycles. The molecule has 36 heavy (non-hydrogen) atoms. The van der Waals surface area contributed by atoms with Crippen LogP contribution >= 0.6 is 0 Å². The Labute approximate surface area is 207 Å². The van der Waals surface area contributed by atoms with Gasteiger partial charge >= 0.3 is 0 Å². The van der Waals surface area contributed by atoms with E-state index in [1.54, 1.807) is 25.1 Å². The number of carbonyl (C=O) groups is 2. The number of aliphatic hydroxyl groups is 3. The fourth-order valence-corrected chi connectivity index (χ4v) is 6.38. The zero-order valence-electron chi connectivity index (χ0n) is 20.1. The number of ketones is 1. The monoisotopic (exact) mass is 498 g/mol. The highest BCUT2D eigenvalue weighted by Crippen LogP contribution is 2.53. The van der Waals surface area contributed by atoms with E-state index >= 15 is 0 Å². The summed E-state index contributed by atoms with van der Waals surface area (Å²) in [6.45, 7) is 2.35. The second-order valence-corrected chi connectivity index (χ2v) is 10.1. The standard InChI is InChI=1S/C25H30N4O7/c1-28(2)19-13-10-11-9-12-14(29-5-7-36-8-6-29)3-4-15(30)17(12)20(31)16(11)23(33)25(13,35)22(26)18(21(19)32)24(27)34/h3-4,11,13,19,26,30-32,35H,5-10H2,1-2H3,(H2,27,34)/t11-,13-,19-,25+/m0/s1. The van der Waals surface area contributed by atoms with Crippen molar-refractivity contribution in [3.8, 4) is 5.75 Å². The lowest BCUT2D eigenvalue weighted by molar-refractivity contribution is -0.138. The van der Waals surface area contributed by atoms with Crippen molar-refractivity contribution in [2.75, 3.05) is 45.3 Å². The number of carbonyl (C=O) groups excluding carboxylic acids is 2. The van der Waals surface area contributed by atoms with Gasteiger partial charge in [-0.2, -0.15) is 0 Å². The zero-order chi connectivity index (χ0) is 26.1. The highest BCUT2D eigenvalue weighted by Gasteiger charge is 2.63. The molecule has 0 spiro atoms. The van der Waals surface area contributed by atoms with E-state index in [1.807, 2.05) is 0 Å². The van der Waals surface area contributed by atoms with E-state index < -0.39 is 58.0 Å². The Morgan fingerprint density at radius 1 is 1.22 bits per heavy atom. The van der Waals surface area contributed by atoms with Crippen LogP contribution in [0.15, 0.2) is 29.0 Å². The summed E-state index contributed by atoms with van der Waals surface area (Å²) in [5.74, 6) is -4.68. The Hall–Kier alpha value is -3.41. The Balaban J connectivity index is 1.68. The van der Waals surface area contributed by atoms with Crippen LogP contribution in [0.1, 0.15) is 17.5 Å². The lowest BCUT2D eigenvalue weighted by Gasteiger charge is -2.51. The minimum atomic E-state index is -2.49. The number of morpholine rings is 1. The number of benzene rings is 1. The average molecular weight is 499 g/mol. The molecule has 11 nitrogen and oxygen atoms in total. The Morgan fingerprint density at radius 2 is 1.89 bits per heavy atom. The van der Waals surface area contributed by atoms with E-state index in [0.717, 1.165) is 5.69 Å². The molecule has 2 fully saturated rings. The molecule has 1 saturated carbocycles. The van der Waals surface area contributed by atoms with Crippen molar-refractivity contribution in [1.82, 2.24) is 4.90 Å². The number of phenolic OH excluding ortho intramolecular Hbond substituents is 1. The van der Waals surface area contributed by atoms with E-state index in [0.29, 0.717) is 38.3 Å². The number of hydrogen-bond donors (Lipinski definition) is 6. The molecule has 1 aromatic carbocycles. The molecular formula is C25H30N4O7. The highest BCUT2D eigenvalue weighted by atomic mass is 16.5. The zero-order valence-corrected chi connectivity index (χ0v) is 20.1. The van der Waals surface area contributed by atoms with Gasteiger partial charge in [-0.15, -0.1) is 0 Å². The van der Waals surface area contributed by atoms with Crippen LogP contribution in [0.5, 0.6) is 5.75 Å². The van der Waals surface area contributed by atoms with E-state index in [2.05, 4.69) is 4.90 Å². The summed E-state index contributed by atoms with van der Waals surface area (Å²) in [6, 6.07) is 2.29. The number of phenols is 1. The number of amides is 1. The van der Waals surface area contributed by atoms with Crippen LogP contribution < -0.4 is 10.6 Å². The van der Waals surface area contributed by atoms with Gasteiger partial charge in [0.15, 0.2) is 5.60 Å². The first kappa shape index (κ1) is 24.3. The van der Waals surface area contributed by atoms with Crippen molar-refractivity contribution in [2.24, 2.45) is 17.6 Å². The quantitative estimate of drug-likeness (QED) is 0.340. The summed E-state index contributed by atoms with van der Waals surface area (Å²) in [6.07, 6.45) is 0.440. The van der Waals surface area contributed by atoms with Crippen molar-refractivity contribution >= 4 is 28.8 Å². The van der Waals surface area contributed by atoms with Crippen LogP contribution in [0.25, 0.3) is 5.76 Å². The third kappa shape index (κ3) is 3.19. The maximum atomic E-state index is 13.9. The molecule has 11 heteroatoms. The molecule has 3 aliphatic carbocycles. The number of hydrogen-bond acceptors (Lipinski definition) is 10. The van der Waals surface area contributed by atoms with Gasteiger partial charge in [0, 0.05) is 30.3 Å².